The fraction of sp³-hybridized carbons (Fsp3) is 0.500. The van der Waals surface area contributed by atoms with Crippen molar-refractivity contribution in [3.8, 4) is 0 Å². The number of aliphatic carboxylic acids is 1. The second-order valence-corrected chi connectivity index (χ2v) is 10.9. The topological polar surface area (TPSA) is 62.7 Å². The molecule has 184 valence electrons. The van der Waals surface area contributed by atoms with Gasteiger partial charge in [0.25, 0.3) is 0 Å². The monoisotopic (exact) mass is 468 g/mol. The summed E-state index contributed by atoms with van der Waals surface area (Å²) in [7, 11) is 0. The van der Waals surface area contributed by atoms with Crippen molar-refractivity contribution in [2.45, 2.75) is 73.0 Å². The van der Waals surface area contributed by atoms with Gasteiger partial charge in [0.1, 0.15) is 5.82 Å². The molecule has 0 aliphatic carbocycles. The van der Waals surface area contributed by atoms with Gasteiger partial charge in [-0.2, -0.15) is 0 Å². The molecule has 0 amide bonds. The predicted molar refractivity (Wildman–Crippen MR) is 135 cm³/mol. The van der Waals surface area contributed by atoms with E-state index in [9.17, 15) is 14.3 Å². The number of pyridine rings is 1. The number of benzene rings is 1. The third-order valence-corrected chi connectivity index (χ3v) is 6.33. The van der Waals surface area contributed by atoms with E-state index in [1.54, 1.807) is 12.1 Å². The standard InChI is InChI=1S/C28H37FN2O3/c1-18-22(13-10-20-8-11-21(29)12-9-20)24(31-16-14-28(6,7)15-17-31)23(19(2)30-18)25(26(32)33)34-27(3,4)5/h8-13,25H,14-17H2,1-7H3,(H,32,33). The van der Waals surface area contributed by atoms with E-state index in [0.717, 1.165) is 48.4 Å². The Morgan fingerprint density at radius 2 is 1.71 bits per heavy atom. The molecule has 1 aromatic heterocycles. The zero-order valence-corrected chi connectivity index (χ0v) is 21.4. The van der Waals surface area contributed by atoms with E-state index in [-0.39, 0.29) is 11.2 Å². The first-order chi connectivity index (χ1) is 15.8. The molecule has 0 spiro atoms. The van der Waals surface area contributed by atoms with Crippen molar-refractivity contribution in [2.24, 2.45) is 5.41 Å². The number of aromatic nitrogens is 1. The fourth-order valence-corrected chi connectivity index (χ4v) is 4.39. The van der Waals surface area contributed by atoms with Crippen molar-refractivity contribution < 1.29 is 19.0 Å². The molecule has 1 aromatic carbocycles. The van der Waals surface area contributed by atoms with Gasteiger partial charge in [0.15, 0.2) is 6.10 Å². The molecular weight excluding hydrogens is 431 g/mol. The molecule has 1 aliphatic heterocycles. The molecular formula is C28H37FN2O3. The molecule has 5 nitrogen and oxygen atoms in total. The molecule has 1 N–H and O–H groups in total. The second-order valence-electron chi connectivity index (χ2n) is 10.9. The lowest BCUT2D eigenvalue weighted by atomic mass is 9.82. The number of piperidine rings is 1. The Kier molecular flexibility index (Phi) is 7.51. The zero-order chi connectivity index (χ0) is 25.3. The SMILES string of the molecule is Cc1nc(C)c(C(OC(C)(C)C)C(=O)O)c(N2CCC(C)(C)CC2)c1C=Cc1ccc(F)cc1. The molecule has 1 aliphatic rings. The first-order valence-corrected chi connectivity index (χ1v) is 11.9. The van der Waals surface area contributed by atoms with Gasteiger partial charge in [0.05, 0.1) is 11.3 Å². The predicted octanol–water partition coefficient (Wildman–Crippen LogP) is 6.58. The zero-order valence-electron chi connectivity index (χ0n) is 21.4. The smallest absolute Gasteiger partial charge is 0.337 e. The first kappa shape index (κ1) is 25.9. The van der Waals surface area contributed by atoms with Gasteiger partial charge in [0, 0.05) is 35.6 Å². The van der Waals surface area contributed by atoms with Gasteiger partial charge in [-0.15, -0.1) is 0 Å². The number of carboxylic acid groups (broad SMARTS) is 1. The summed E-state index contributed by atoms with van der Waals surface area (Å²) in [6.07, 6.45) is 4.75. The highest BCUT2D eigenvalue weighted by Crippen LogP contribution is 2.41. The van der Waals surface area contributed by atoms with Crippen molar-refractivity contribution in [2.75, 3.05) is 18.0 Å². The van der Waals surface area contributed by atoms with Crippen LogP contribution in [0.2, 0.25) is 0 Å². The molecule has 1 fully saturated rings. The normalized spacial score (nSPS) is 17.2. The Balaban J connectivity index is 2.20. The molecule has 1 unspecified atom stereocenters. The Morgan fingerprint density at radius 1 is 1.12 bits per heavy atom. The lowest BCUT2D eigenvalue weighted by Crippen LogP contribution is -2.39. The highest BCUT2D eigenvalue weighted by Gasteiger charge is 2.35. The summed E-state index contributed by atoms with van der Waals surface area (Å²) in [5.41, 5.74) is 4.27. The molecule has 34 heavy (non-hydrogen) atoms. The van der Waals surface area contributed by atoms with E-state index in [2.05, 4.69) is 18.7 Å². The number of carboxylic acids is 1. The minimum atomic E-state index is -1.14. The van der Waals surface area contributed by atoms with Crippen LogP contribution in [-0.2, 0) is 9.53 Å². The van der Waals surface area contributed by atoms with Crippen molar-refractivity contribution >= 4 is 23.8 Å². The van der Waals surface area contributed by atoms with Crippen LogP contribution in [0.3, 0.4) is 0 Å². The third kappa shape index (κ3) is 6.23. The maximum Gasteiger partial charge on any atom is 0.337 e. The summed E-state index contributed by atoms with van der Waals surface area (Å²) >= 11 is 0. The van der Waals surface area contributed by atoms with Gasteiger partial charge < -0.3 is 14.7 Å². The van der Waals surface area contributed by atoms with Crippen LogP contribution in [0.1, 0.15) is 81.6 Å². The molecule has 3 rings (SSSR count). The van der Waals surface area contributed by atoms with Gasteiger partial charge in [0.2, 0.25) is 0 Å². The lowest BCUT2D eigenvalue weighted by Gasteiger charge is -2.41. The number of ether oxygens (including phenoxy) is 1. The summed E-state index contributed by atoms with van der Waals surface area (Å²) in [6, 6.07) is 6.29. The Morgan fingerprint density at radius 3 is 2.24 bits per heavy atom. The molecule has 2 heterocycles. The molecule has 0 radical (unpaired) electrons. The molecule has 6 heteroatoms. The quantitative estimate of drug-likeness (QED) is 0.519. The average Bonchev–Trinajstić information content (AvgIpc) is 2.72. The second kappa shape index (κ2) is 9.87. The summed E-state index contributed by atoms with van der Waals surface area (Å²) < 4.78 is 19.4. The van der Waals surface area contributed by atoms with Crippen LogP contribution in [0.4, 0.5) is 10.1 Å². The largest absolute Gasteiger partial charge is 0.479 e. The summed E-state index contributed by atoms with van der Waals surface area (Å²) in [4.78, 5) is 19.5. The number of carbonyl (C=O) groups is 1. The fourth-order valence-electron chi connectivity index (χ4n) is 4.39. The number of hydrogen-bond donors (Lipinski definition) is 1. The Bertz CT molecular complexity index is 1060. The minimum Gasteiger partial charge on any atom is -0.479 e. The van der Waals surface area contributed by atoms with Gasteiger partial charge >= 0.3 is 5.97 Å². The van der Waals surface area contributed by atoms with Gasteiger partial charge in [-0.1, -0.05) is 38.1 Å². The van der Waals surface area contributed by atoms with Crippen molar-refractivity contribution in [3.63, 3.8) is 0 Å². The third-order valence-electron chi connectivity index (χ3n) is 6.33. The number of aryl methyl sites for hydroxylation is 2. The van der Waals surface area contributed by atoms with E-state index in [1.807, 2.05) is 46.8 Å². The number of rotatable bonds is 6. The van der Waals surface area contributed by atoms with Gasteiger partial charge in [-0.3, -0.25) is 4.98 Å². The summed E-state index contributed by atoms with van der Waals surface area (Å²) in [5.74, 6) is -1.32. The van der Waals surface area contributed by atoms with E-state index < -0.39 is 17.7 Å². The molecule has 0 saturated carbocycles. The van der Waals surface area contributed by atoms with Crippen LogP contribution in [0, 0.1) is 25.1 Å². The summed E-state index contributed by atoms with van der Waals surface area (Å²) in [6.45, 7) is 15.6. The summed E-state index contributed by atoms with van der Waals surface area (Å²) in [5, 5.41) is 10.2. The van der Waals surface area contributed by atoms with Gasteiger partial charge in [-0.25, -0.2) is 9.18 Å². The number of halogens is 1. The first-order valence-electron chi connectivity index (χ1n) is 11.9. The van der Waals surface area contributed by atoms with Crippen LogP contribution in [0.15, 0.2) is 24.3 Å². The van der Waals surface area contributed by atoms with E-state index in [4.69, 9.17) is 9.72 Å². The van der Waals surface area contributed by atoms with Crippen LogP contribution in [-0.4, -0.2) is 34.8 Å². The highest BCUT2D eigenvalue weighted by molar-refractivity contribution is 5.85. The van der Waals surface area contributed by atoms with Crippen LogP contribution in [0.25, 0.3) is 12.2 Å². The lowest BCUT2D eigenvalue weighted by molar-refractivity contribution is -0.160. The molecule has 2 aromatic rings. The van der Waals surface area contributed by atoms with Crippen LogP contribution in [0.5, 0.6) is 0 Å². The van der Waals surface area contributed by atoms with Crippen LogP contribution < -0.4 is 4.90 Å². The number of nitrogens with zero attached hydrogens (tertiary/aromatic N) is 2. The van der Waals surface area contributed by atoms with E-state index >= 15 is 0 Å². The Labute approximate surface area is 202 Å². The Hall–Kier alpha value is -2.73. The van der Waals surface area contributed by atoms with Crippen molar-refractivity contribution in [1.29, 1.82) is 0 Å². The minimum absolute atomic E-state index is 0.242. The molecule has 1 saturated heterocycles. The highest BCUT2D eigenvalue weighted by atomic mass is 19.1. The maximum atomic E-state index is 13.4. The molecule has 0 bridgehead atoms. The van der Waals surface area contributed by atoms with Crippen molar-refractivity contribution in [3.05, 3.63) is 58.2 Å². The van der Waals surface area contributed by atoms with Gasteiger partial charge in [-0.05, 0) is 70.6 Å². The molecule has 1 atom stereocenters. The average molecular weight is 469 g/mol. The maximum absolute atomic E-state index is 13.4. The number of anilines is 1. The van der Waals surface area contributed by atoms with E-state index in [1.165, 1.54) is 12.1 Å². The van der Waals surface area contributed by atoms with Crippen LogP contribution >= 0.6 is 0 Å². The van der Waals surface area contributed by atoms with Crippen molar-refractivity contribution in [1.82, 2.24) is 4.98 Å². The van der Waals surface area contributed by atoms with E-state index in [0.29, 0.717) is 11.3 Å². The number of hydrogen-bond acceptors (Lipinski definition) is 4.